The Morgan fingerprint density at radius 1 is 0.737 bits per heavy atom. The first-order valence-electron chi connectivity index (χ1n) is 10.3. The van der Waals surface area contributed by atoms with Crippen molar-refractivity contribution in [3.63, 3.8) is 0 Å². The normalized spacial score (nSPS) is 18.1. The van der Waals surface area contributed by atoms with Gasteiger partial charge in [0.2, 0.25) is 0 Å². The second-order valence-electron chi connectivity index (χ2n) is 7.50. The van der Waals surface area contributed by atoms with Gasteiger partial charge in [-0.2, -0.15) is 0 Å². The van der Waals surface area contributed by atoms with E-state index >= 15 is 0 Å². The summed E-state index contributed by atoms with van der Waals surface area (Å²) in [6.07, 6.45) is 0. The Morgan fingerprint density at radius 2 is 1.13 bits per heavy atom. The summed E-state index contributed by atoms with van der Waals surface area (Å²) in [7, 11) is 0. The molecule has 0 radical (unpaired) electrons. The van der Waals surface area contributed by atoms with Gasteiger partial charge in [-0.25, -0.2) is 9.97 Å². The molecule has 2 aromatic heterocycles. The van der Waals surface area contributed by atoms with E-state index in [2.05, 4.69) is 20.0 Å². The summed E-state index contributed by atoms with van der Waals surface area (Å²) in [6.45, 7) is 0. The van der Waals surface area contributed by atoms with E-state index in [4.69, 9.17) is 0 Å². The van der Waals surface area contributed by atoms with Crippen LogP contribution in [0, 0.1) is 0 Å². The van der Waals surface area contributed by atoms with Crippen LogP contribution in [-0.4, -0.2) is 65.8 Å². The van der Waals surface area contributed by atoms with Crippen LogP contribution in [-0.2, 0) is 9.59 Å². The molecule has 0 aliphatic carbocycles. The number of aliphatic imine (C=N–C) groups is 2. The van der Waals surface area contributed by atoms with Gasteiger partial charge in [-0.15, -0.1) is 46.2 Å². The molecule has 38 heavy (non-hydrogen) atoms. The van der Waals surface area contributed by atoms with E-state index in [1.165, 1.54) is 46.2 Å². The molecule has 2 aliphatic heterocycles. The minimum absolute atomic E-state index is 0. The number of thiazole rings is 2. The van der Waals surface area contributed by atoms with Gasteiger partial charge in [0.05, 0.1) is 32.4 Å². The minimum atomic E-state index is -1.16. The Balaban J connectivity index is 0.000000200. The summed E-state index contributed by atoms with van der Waals surface area (Å²) < 4.78 is 1.70. The minimum Gasteiger partial charge on any atom is -0.548 e. The SMILES string of the molecule is O=C([O-])[C@H]1CSC(c2nc3ccc(O)cc3s2)=N1.O=C([O-])[C@H]1CSC(c2nc3ccc(O)cc3s2)=N1.[K+].[K+]. The first-order chi connectivity index (χ1) is 17.3. The fraction of sp³-hybridized carbons (Fsp3) is 0.182. The number of nitrogens with zero attached hydrogens (tertiary/aromatic N) is 4. The first kappa shape index (κ1) is 32.6. The Bertz CT molecular complexity index is 1460. The summed E-state index contributed by atoms with van der Waals surface area (Å²) in [6, 6.07) is 8.27. The molecule has 6 rings (SSSR count). The molecule has 0 unspecified atom stereocenters. The molecule has 0 saturated heterocycles. The number of thioether (sulfide) groups is 2. The molecule has 2 N–H and O–H groups in total. The van der Waals surface area contributed by atoms with Gasteiger partial charge in [-0.1, -0.05) is 0 Å². The number of hydrogen-bond donors (Lipinski definition) is 2. The number of carbonyl (C=O) groups is 2. The maximum atomic E-state index is 10.7. The number of rotatable bonds is 4. The van der Waals surface area contributed by atoms with Gasteiger partial charge in [0.1, 0.15) is 43.7 Å². The van der Waals surface area contributed by atoms with Crippen LogP contribution in [0.25, 0.3) is 20.4 Å². The number of benzene rings is 2. The molecular weight excluding hydrogens is 623 g/mol. The zero-order valence-electron chi connectivity index (χ0n) is 20.0. The molecule has 0 amide bonds. The summed E-state index contributed by atoms with van der Waals surface area (Å²) in [5.41, 5.74) is 1.54. The Labute approximate surface area is 317 Å². The standard InChI is InChI=1S/2C11H8N2O3S2.2K/c2*14-5-1-2-6-8(3-5)18-10(12-6)9-13-7(4-17-9)11(15)16;;/h2*1-3,7,14H,4H2,(H,15,16);;/q;;2*+1/p-2/t2*7-;;/m11../s1. The molecule has 2 aromatic carbocycles. The molecule has 2 atom stereocenters. The van der Waals surface area contributed by atoms with Crippen LogP contribution >= 0.6 is 46.2 Å². The molecule has 4 heterocycles. The smallest absolute Gasteiger partial charge is 0.548 e. The van der Waals surface area contributed by atoms with Crippen LogP contribution in [0.3, 0.4) is 0 Å². The molecule has 16 heteroatoms. The summed E-state index contributed by atoms with van der Waals surface area (Å²) in [4.78, 5) is 38.3. The van der Waals surface area contributed by atoms with Gasteiger partial charge in [-0.3, -0.25) is 9.98 Å². The van der Waals surface area contributed by atoms with Gasteiger partial charge in [0, 0.05) is 11.5 Å². The molecule has 2 aliphatic rings. The molecule has 0 saturated carbocycles. The average molecular weight is 637 g/mol. The number of carboxylic acid groups (broad SMARTS) is 2. The van der Waals surface area contributed by atoms with Crippen molar-refractivity contribution in [1.29, 1.82) is 0 Å². The van der Waals surface area contributed by atoms with Crippen molar-refractivity contribution in [3.8, 4) is 11.5 Å². The first-order valence-corrected chi connectivity index (χ1v) is 13.9. The number of fused-ring (bicyclic) bond motifs is 2. The maximum absolute atomic E-state index is 10.7. The predicted octanol–water partition coefficient (Wildman–Crippen LogP) is -4.76. The summed E-state index contributed by atoms with van der Waals surface area (Å²) >= 11 is 5.50. The number of phenols is 2. The summed E-state index contributed by atoms with van der Waals surface area (Å²) in [5, 5.41) is 42.8. The topological polar surface area (TPSA) is 171 Å². The van der Waals surface area contributed by atoms with Crippen molar-refractivity contribution in [3.05, 3.63) is 46.4 Å². The third-order valence-electron chi connectivity index (χ3n) is 4.96. The number of aromatic nitrogens is 2. The molecule has 0 bridgehead atoms. The number of aromatic hydroxyl groups is 2. The molecular formula is C22H14K2N4O6S4. The number of carboxylic acids is 2. The van der Waals surface area contributed by atoms with Gasteiger partial charge in [0.15, 0.2) is 0 Å². The fourth-order valence-electron chi connectivity index (χ4n) is 3.23. The molecule has 10 nitrogen and oxygen atoms in total. The number of hydrogen-bond acceptors (Lipinski definition) is 14. The number of phenolic OH excluding ortho intramolecular Hbond substituents is 2. The fourth-order valence-corrected chi connectivity index (χ4v) is 7.41. The van der Waals surface area contributed by atoms with Crippen LogP contribution in [0.4, 0.5) is 0 Å². The molecule has 0 fully saturated rings. The predicted molar refractivity (Wildman–Crippen MR) is 138 cm³/mol. The van der Waals surface area contributed by atoms with Crippen molar-refractivity contribution in [2.75, 3.05) is 11.5 Å². The van der Waals surface area contributed by atoms with Crippen molar-refractivity contribution in [2.24, 2.45) is 9.98 Å². The van der Waals surface area contributed by atoms with Crippen LogP contribution in [0.5, 0.6) is 11.5 Å². The van der Waals surface area contributed by atoms with Gasteiger partial charge in [0.25, 0.3) is 0 Å². The third kappa shape index (κ3) is 7.67. The quantitative estimate of drug-likeness (QED) is 0.207. The molecule has 4 aromatic rings. The van der Waals surface area contributed by atoms with Crippen LogP contribution in [0.2, 0.25) is 0 Å². The van der Waals surface area contributed by atoms with E-state index in [-0.39, 0.29) is 114 Å². The van der Waals surface area contributed by atoms with Gasteiger partial charge < -0.3 is 30.0 Å². The van der Waals surface area contributed by atoms with Gasteiger partial charge in [-0.05, 0) is 36.4 Å². The second kappa shape index (κ2) is 14.3. The van der Waals surface area contributed by atoms with Gasteiger partial charge >= 0.3 is 103 Å². The van der Waals surface area contributed by atoms with Crippen molar-refractivity contribution < 1.29 is 133 Å². The van der Waals surface area contributed by atoms with E-state index in [0.29, 0.717) is 31.6 Å². The van der Waals surface area contributed by atoms with E-state index in [1.54, 1.807) is 36.4 Å². The van der Waals surface area contributed by atoms with E-state index < -0.39 is 24.0 Å². The van der Waals surface area contributed by atoms with Crippen LogP contribution < -0.4 is 113 Å². The van der Waals surface area contributed by atoms with Crippen molar-refractivity contribution >= 4 is 88.7 Å². The van der Waals surface area contributed by atoms with Crippen molar-refractivity contribution in [2.45, 2.75) is 12.1 Å². The molecule has 0 spiro atoms. The Kier molecular flexibility index (Phi) is 12.3. The third-order valence-corrected chi connectivity index (χ3v) is 9.37. The van der Waals surface area contributed by atoms with Crippen LogP contribution in [0.1, 0.15) is 10.0 Å². The summed E-state index contributed by atoms with van der Waals surface area (Å²) in [5.74, 6) is -1.16. The largest absolute Gasteiger partial charge is 1.00 e. The van der Waals surface area contributed by atoms with E-state index in [0.717, 1.165) is 20.4 Å². The van der Waals surface area contributed by atoms with E-state index in [9.17, 15) is 30.0 Å². The number of carbonyl (C=O) groups excluding carboxylic acids is 2. The maximum Gasteiger partial charge on any atom is 1.00 e. The monoisotopic (exact) mass is 636 g/mol. The zero-order valence-corrected chi connectivity index (χ0v) is 29.5. The second-order valence-corrected chi connectivity index (χ2v) is 11.6. The van der Waals surface area contributed by atoms with E-state index in [1.807, 2.05) is 0 Å². The van der Waals surface area contributed by atoms with Crippen LogP contribution in [0.15, 0.2) is 46.4 Å². The average Bonchev–Trinajstić information content (AvgIpc) is 3.63. The Hall–Kier alpha value is 0.0727. The zero-order chi connectivity index (χ0) is 25.4. The number of aliphatic carboxylic acids is 2. The Morgan fingerprint density at radius 3 is 1.47 bits per heavy atom. The molecule has 184 valence electrons. The van der Waals surface area contributed by atoms with Crippen molar-refractivity contribution in [1.82, 2.24) is 9.97 Å².